The Morgan fingerprint density at radius 1 is 0.949 bits per heavy atom. The van der Waals surface area contributed by atoms with Crippen LogP contribution in [0, 0.1) is 0 Å². The molecule has 1 amide bonds. The van der Waals surface area contributed by atoms with Crippen LogP contribution in [0.15, 0.2) is 60.7 Å². The lowest BCUT2D eigenvalue weighted by atomic mass is 9.94. The molecule has 1 aliphatic rings. The second kappa shape index (κ2) is 13.1. The van der Waals surface area contributed by atoms with Crippen LogP contribution in [-0.2, 0) is 14.0 Å². The predicted molar refractivity (Wildman–Crippen MR) is 158 cm³/mol. The van der Waals surface area contributed by atoms with E-state index < -0.39 is 32.0 Å². The van der Waals surface area contributed by atoms with Crippen LogP contribution in [0.5, 0.6) is 0 Å². The monoisotopic (exact) mass is 554 g/mol. The van der Waals surface area contributed by atoms with Crippen molar-refractivity contribution in [2.45, 2.75) is 102 Å². The number of benzene rings is 2. The number of carbonyl (C=O) groups is 2. The number of carbonyl (C=O) groups excluding carboxylic acids is 1. The molecule has 0 bridgehead atoms. The number of carboxylic acid groups (broad SMARTS) is 1. The lowest BCUT2D eigenvalue weighted by molar-refractivity contribution is -0.139. The summed E-state index contributed by atoms with van der Waals surface area (Å²) in [6.07, 6.45) is 3.28. The normalized spacial score (nSPS) is 19.2. The molecule has 214 valence electrons. The smallest absolute Gasteiger partial charge is 0.408 e. The Morgan fingerprint density at radius 3 is 1.97 bits per heavy atom. The summed E-state index contributed by atoms with van der Waals surface area (Å²) in [5, 5.41) is 18.3. The first-order valence-corrected chi connectivity index (χ1v) is 16.0. The summed E-state index contributed by atoms with van der Waals surface area (Å²) in [7, 11) is -2.62. The van der Waals surface area contributed by atoms with E-state index in [4.69, 9.17) is 9.16 Å². The number of hydrogen-bond acceptors (Lipinski definition) is 5. The summed E-state index contributed by atoms with van der Waals surface area (Å²) in [4.78, 5) is 24.0. The van der Waals surface area contributed by atoms with Crippen LogP contribution in [-0.4, -0.2) is 55.8 Å². The topological polar surface area (TPSA) is 96.9 Å². The fourth-order valence-electron chi connectivity index (χ4n) is 5.53. The predicted octanol–water partition coefficient (Wildman–Crippen LogP) is 4.83. The third-order valence-electron chi connectivity index (χ3n) is 7.29. The van der Waals surface area contributed by atoms with Crippen molar-refractivity contribution in [2.75, 3.05) is 6.61 Å². The van der Waals surface area contributed by atoms with Gasteiger partial charge in [0.2, 0.25) is 0 Å². The molecule has 8 heteroatoms. The molecule has 3 rings (SSSR count). The third kappa shape index (κ3) is 8.40. The molecule has 0 aromatic heterocycles. The van der Waals surface area contributed by atoms with Crippen molar-refractivity contribution < 1.29 is 23.9 Å². The van der Waals surface area contributed by atoms with Gasteiger partial charge in [-0.2, -0.15) is 0 Å². The Kier molecular flexibility index (Phi) is 10.4. The van der Waals surface area contributed by atoms with Crippen molar-refractivity contribution >= 4 is 30.8 Å². The number of aliphatic carboxylic acids is 1. The Labute approximate surface area is 234 Å². The third-order valence-corrected chi connectivity index (χ3v) is 12.3. The highest BCUT2D eigenvalue weighted by molar-refractivity contribution is 6.99. The summed E-state index contributed by atoms with van der Waals surface area (Å²) < 4.78 is 12.4. The maximum absolute atomic E-state index is 12.1. The molecule has 1 fully saturated rings. The Hall–Kier alpha value is -2.68. The second-order valence-corrected chi connectivity index (χ2v) is 16.9. The van der Waals surface area contributed by atoms with Crippen molar-refractivity contribution in [2.24, 2.45) is 0 Å². The molecule has 2 aromatic rings. The van der Waals surface area contributed by atoms with Gasteiger partial charge in [0, 0.05) is 12.1 Å². The van der Waals surface area contributed by atoms with Crippen LogP contribution in [0.3, 0.4) is 0 Å². The quantitative estimate of drug-likeness (QED) is 0.364. The van der Waals surface area contributed by atoms with Gasteiger partial charge in [0.05, 0.1) is 6.61 Å². The number of hydrogen-bond donors (Lipinski definition) is 3. The summed E-state index contributed by atoms with van der Waals surface area (Å²) in [6.45, 7) is 12.7. The zero-order valence-corrected chi connectivity index (χ0v) is 25.3. The van der Waals surface area contributed by atoms with E-state index in [0.29, 0.717) is 19.4 Å². The number of piperidine rings is 1. The first-order valence-electron chi connectivity index (χ1n) is 14.1. The molecule has 0 radical (unpaired) electrons. The summed E-state index contributed by atoms with van der Waals surface area (Å²) in [6, 6.07) is 20.6. The number of carboxylic acids is 1. The van der Waals surface area contributed by atoms with E-state index in [1.54, 1.807) is 20.8 Å². The minimum absolute atomic E-state index is 0.0915. The minimum atomic E-state index is -2.62. The Morgan fingerprint density at radius 2 is 1.49 bits per heavy atom. The number of rotatable bonds is 10. The van der Waals surface area contributed by atoms with E-state index in [1.807, 2.05) is 12.1 Å². The molecular weight excluding hydrogens is 508 g/mol. The molecule has 39 heavy (non-hydrogen) atoms. The molecule has 2 aromatic carbocycles. The van der Waals surface area contributed by atoms with Gasteiger partial charge in [0.15, 0.2) is 0 Å². The van der Waals surface area contributed by atoms with E-state index in [2.05, 4.69) is 79.9 Å². The van der Waals surface area contributed by atoms with E-state index >= 15 is 0 Å². The van der Waals surface area contributed by atoms with Crippen LogP contribution >= 0.6 is 0 Å². The fraction of sp³-hybridized carbons (Fsp3) is 0.548. The fourth-order valence-corrected chi connectivity index (χ4v) is 10.1. The Bertz CT molecular complexity index is 1030. The van der Waals surface area contributed by atoms with Crippen LogP contribution in [0.1, 0.15) is 73.6 Å². The van der Waals surface area contributed by atoms with Gasteiger partial charge < -0.3 is 24.9 Å². The average molecular weight is 555 g/mol. The largest absolute Gasteiger partial charge is 0.480 e. The Balaban J connectivity index is 1.69. The molecule has 1 aliphatic heterocycles. The second-order valence-electron chi connectivity index (χ2n) is 12.6. The van der Waals surface area contributed by atoms with Crippen molar-refractivity contribution in [1.29, 1.82) is 0 Å². The van der Waals surface area contributed by atoms with Gasteiger partial charge in [-0.25, -0.2) is 9.59 Å². The van der Waals surface area contributed by atoms with Gasteiger partial charge in [-0.15, -0.1) is 0 Å². The molecule has 0 aliphatic carbocycles. The first kappa shape index (κ1) is 30.9. The molecule has 0 saturated carbocycles. The van der Waals surface area contributed by atoms with Crippen LogP contribution in [0.25, 0.3) is 0 Å². The van der Waals surface area contributed by atoms with Crippen LogP contribution < -0.4 is 21.0 Å². The van der Waals surface area contributed by atoms with Gasteiger partial charge in [-0.1, -0.05) is 87.9 Å². The van der Waals surface area contributed by atoms with Crippen molar-refractivity contribution in [3.05, 3.63) is 60.7 Å². The maximum atomic E-state index is 12.1. The lowest BCUT2D eigenvalue weighted by Gasteiger charge is -2.44. The highest BCUT2D eigenvalue weighted by atomic mass is 28.4. The molecule has 0 spiro atoms. The minimum Gasteiger partial charge on any atom is -0.480 e. The number of nitrogens with one attached hydrogen (secondary N) is 2. The standard InChI is InChI=1S/C31H46N2O5Si/c1-30(2,3)38-29(36)33-27(28(34)35)21-20-23-14-13-15-24(32-23)22-37-39(31(4,5)6,25-16-9-7-10-17-25)26-18-11-8-12-19-26/h7-12,16-19,23-24,27,32H,13-15,20-22H2,1-6H3,(H,33,36)(H,34,35)/t23-,24+,27+/m1/s1. The van der Waals surface area contributed by atoms with Crippen LogP contribution in [0.2, 0.25) is 5.04 Å². The van der Waals surface area contributed by atoms with Crippen molar-refractivity contribution in [3.8, 4) is 0 Å². The van der Waals surface area contributed by atoms with E-state index in [0.717, 1.165) is 19.3 Å². The molecule has 0 unspecified atom stereocenters. The van der Waals surface area contributed by atoms with E-state index in [-0.39, 0.29) is 17.1 Å². The molecule has 1 heterocycles. The zero-order valence-electron chi connectivity index (χ0n) is 24.3. The van der Waals surface area contributed by atoms with Gasteiger partial charge in [0.25, 0.3) is 8.32 Å². The highest BCUT2D eigenvalue weighted by Crippen LogP contribution is 2.37. The van der Waals surface area contributed by atoms with Crippen molar-refractivity contribution in [3.63, 3.8) is 0 Å². The van der Waals surface area contributed by atoms with E-state index in [9.17, 15) is 14.7 Å². The lowest BCUT2D eigenvalue weighted by Crippen LogP contribution is -2.67. The zero-order chi connectivity index (χ0) is 28.7. The number of ether oxygens (including phenoxy) is 1. The van der Waals surface area contributed by atoms with Gasteiger partial charge in [0.1, 0.15) is 11.6 Å². The molecular formula is C31H46N2O5Si. The van der Waals surface area contributed by atoms with Gasteiger partial charge in [-0.05, 0) is 61.9 Å². The highest BCUT2D eigenvalue weighted by Gasteiger charge is 2.50. The summed E-state index contributed by atoms with van der Waals surface area (Å²) in [5.74, 6) is -1.05. The number of alkyl carbamates (subject to hydrolysis) is 1. The summed E-state index contributed by atoms with van der Waals surface area (Å²) >= 11 is 0. The maximum Gasteiger partial charge on any atom is 0.408 e. The van der Waals surface area contributed by atoms with Crippen molar-refractivity contribution in [1.82, 2.24) is 10.6 Å². The van der Waals surface area contributed by atoms with E-state index in [1.165, 1.54) is 10.4 Å². The molecule has 7 nitrogen and oxygen atoms in total. The molecule has 1 saturated heterocycles. The van der Waals surface area contributed by atoms with Crippen LogP contribution in [0.4, 0.5) is 4.79 Å². The first-order chi connectivity index (χ1) is 18.3. The SMILES string of the molecule is CC(C)(C)OC(=O)N[C@@H](CC[C@H]1CCC[C@@H](CO[Si](c2ccccc2)(c2ccccc2)C(C)(C)C)N1)C(=O)O. The average Bonchev–Trinajstić information content (AvgIpc) is 2.86. The summed E-state index contributed by atoms with van der Waals surface area (Å²) in [5.41, 5.74) is -0.684. The van der Waals surface area contributed by atoms with Gasteiger partial charge >= 0.3 is 12.1 Å². The molecule has 3 atom stereocenters. The van der Waals surface area contributed by atoms with Gasteiger partial charge in [-0.3, -0.25) is 0 Å². The molecule has 3 N–H and O–H groups in total. The number of amides is 1.